The van der Waals surface area contributed by atoms with Crippen LogP contribution in [-0.4, -0.2) is 28.5 Å². The molecule has 2 heterocycles. The number of urea groups is 1. The van der Waals surface area contributed by atoms with Crippen LogP contribution in [0, 0.1) is 28.9 Å². The second-order valence-corrected chi connectivity index (χ2v) is 16.4. The molecule has 3 aromatic carbocycles. The fourth-order valence-corrected chi connectivity index (χ4v) is 10.5. The lowest BCUT2D eigenvalue weighted by Gasteiger charge is -2.56. The van der Waals surface area contributed by atoms with Crippen LogP contribution < -0.4 is 15.4 Å². The van der Waals surface area contributed by atoms with Gasteiger partial charge >= 0.3 is 6.03 Å². The van der Waals surface area contributed by atoms with Crippen molar-refractivity contribution in [3.63, 3.8) is 0 Å². The topological polar surface area (TPSA) is 107 Å². The molecule has 51 heavy (non-hydrogen) atoms. The van der Waals surface area contributed by atoms with Crippen LogP contribution in [0.3, 0.4) is 0 Å². The van der Waals surface area contributed by atoms with Crippen LogP contribution in [0.1, 0.15) is 80.1 Å². The van der Waals surface area contributed by atoms with Gasteiger partial charge in [-0.2, -0.15) is 4.73 Å². The number of hydrogen-bond acceptors (Lipinski definition) is 6. The van der Waals surface area contributed by atoms with E-state index < -0.39 is 6.29 Å². The minimum Gasteiger partial charge on any atom is -0.618 e. The molecule has 9 rings (SSSR count). The second-order valence-electron chi connectivity index (χ2n) is 15.3. The van der Waals surface area contributed by atoms with Crippen molar-refractivity contribution >= 4 is 17.8 Å². The Kier molecular flexibility index (Phi) is 9.81. The van der Waals surface area contributed by atoms with Crippen molar-refractivity contribution in [2.45, 2.75) is 87.7 Å². The molecule has 4 aromatic rings. The number of ether oxygens (including phenoxy) is 2. The molecule has 1 aromatic heterocycles. The molecule has 4 aliphatic carbocycles. The van der Waals surface area contributed by atoms with E-state index in [2.05, 4.69) is 47.9 Å². The Hall–Kier alpha value is -3.89. The summed E-state index contributed by atoms with van der Waals surface area (Å²) in [6.07, 6.45) is 7.90. The van der Waals surface area contributed by atoms with Crippen molar-refractivity contribution in [2.24, 2.45) is 23.7 Å². The molecule has 4 saturated carbocycles. The van der Waals surface area contributed by atoms with Gasteiger partial charge in [0.2, 0.25) is 0 Å². The van der Waals surface area contributed by atoms with Crippen molar-refractivity contribution in [1.82, 2.24) is 10.6 Å². The van der Waals surface area contributed by atoms with Gasteiger partial charge < -0.3 is 30.4 Å². The molecule has 1 aliphatic heterocycles. The number of carbonyl (C=O) groups is 1. The quantitative estimate of drug-likeness (QED) is 0.0883. The Balaban J connectivity index is 0.971. The molecular formula is C42H47N3O5S. The number of amides is 2. The maximum absolute atomic E-state index is 13.2. The third-order valence-corrected chi connectivity index (χ3v) is 12.7. The molecule has 266 valence electrons. The predicted octanol–water partition coefficient (Wildman–Crippen LogP) is 7.83. The summed E-state index contributed by atoms with van der Waals surface area (Å²) in [6.45, 7) is 2.57. The summed E-state index contributed by atoms with van der Waals surface area (Å²) in [7, 11) is 0. The van der Waals surface area contributed by atoms with Crippen LogP contribution in [0.2, 0.25) is 0 Å². The molecule has 0 radical (unpaired) electrons. The van der Waals surface area contributed by atoms with E-state index in [1.807, 2.05) is 54.6 Å². The van der Waals surface area contributed by atoms with Gasteiger partial charge in [0.25, 0.3) is 5.03 Å². The molecule has 4 bridgehead atoms. The lowest BCUT2D eigenvalue weighted by atomic mass is 9.53. The predicted molar refractivity (Wildman–Crippen MR) is 197 cm³/mol. The van der Waals surface area contributed by atoms with Crippen LogP contribution in [0.5, 0.6) is 0 Å². The lowest BCUT2D eigenvalue weighted by Crippen LogP contribution is -2.61. The average Bonchev–Trinajstić information content (AvgIpc) is 3.14. The highest BCUT2D eigenvalue weighted by Gasteiger charge is 2.51. The minimum absolute atomic E-state index is 0.00468. The van der Waals surface area contributed by atoms with E-state index in [1.54, 1.807) is 6.07 Å². The van der Waals surface area contributed by atoms with Gasteiger partial charge in [-0.15, -0.1) is 0 Å². The highest BCUT2D eigenvalue weighted by Crippen LogP contribution is 2.55. The van der Waals surface area contributed by atoms with Crippen molar-refractivity contribution in [1.29, 1.82) is 0 Å². The number of nitrogens with zero attached hydrogens (tertiary/aromatic N) is 1. The van der Waals surface area contributed by atoms with E-state index in [0.717, 1.165) is 75.1 Å². The van der Waals surface area contributed by atoms with Crippen molar-refractivity contribution < 1.29 is 24.1 Å². The summed E-state index contributed by atoms with van der Waals surface area (Å²) in [5.41, 5.74) is 5.88. The Labute approximate surface area is 304 Å². The highest BCUT2D eigenvalue weighted by molar-refractivity contribution is 7.99. The fourth-order valence-electron chi connectivity index (χ4n) is 9.46. The van der Waals surface area contributed by atoms with Gasteiger partial charge in [-0.3, -0.25) is 0 Å². The first-order valence-electron chi connectivity index (χ1n) is 18.4. The van der Waals surface area contributed by atoms with E-state index in [-0.39, 0.29) is 36.3 Å². The lowest BCUT2D eigenvalue weighted by molar-refractivity contribution is -0.645. The van der Waals surface area contributed by atoms with E-state index in [0.29, 0.717) is 17.3 Å². The number of thioether (sulfide) groups is 1. The normalized spacial score (nSPS) is 29.5. The molecular weight excluding hydrogens is 659 g/mol. The van der Waals surface area contributed by atoms with E-state index >= 15 is 0 Å². The molecule has 1 saturated heterocycles. The average molecular weight is 706 g/mol. The van der Waals surface area contributed by atoms with Crippen LogP contribution in [-0.2, 0) is 22.6 Å². The van der Waals surface area contributed by atoms with Gasteiger partial charge in [0.15, 0.2) is 12.5 Å². The first-order chi connectivity index (χ1) is 24.8. The van der Waals surface area contributed by atoms with E-state index in [4.69, 9.17) is 9.47 Å². The molecule has 8 nitrogen and oxygen atoms in total. The van der Waals surface area contributed by atoms with Crippen LogP contribution in [0.4, 0.5) is 4.79 Å². The maximum Gasteiger partial charge on any atom is 0.315 e. The zero-order valence-corrected chi connectivity index (χ0v) is 29.9. The molecule has 5 fully saturated rings. The summed E-state index contributed by atoms with van der Waals surface area (Å²) >= 11 is 1.48. The first-order valence-corrected chi connectivity index (χ1v) is 19.4. The smallest absolute Gasteiger partial charge is 0.315 e. The molecule has 4 atom stereocenters. The summed E-state index contributed by atoms with van der Waals surface area (Å²) in [6, 6.07) is 29.8. The van der Waals surface area contributed by atoms with Gasteiger partial charge in [-0.25, -0.2) is 4.79 Å². The largest absolute Gasteiger partial charge is 0.618 e. The van der Waals surface area contributed by atoms with Gasteiger partial charge in [0.05, 0.1) is 18.8 Å². The minimum atomic E-state index is -0.623. The van der Waals surface area contributed by atoms with Gasteiger partial charge in [0, 0.05) is 41.5 Å². The number of aliphatic hydroxyl groups excluding tert-OH is 1. The second kappa shape index (κ2) is 14.6. The summed E-state index contributed by atoms with van der Waals surface area (Å²) < 4.78 is 14.3. The molecule has 0 spiro atoms. The van der Waals surface area contributed by atoms with Crippen LogP contribution >= 0.6 is 11.8 Å². The Morgan fingerprint density at radius 2 is 1.57 bits per heavy atom. The summed E-state index contributed by atoms with van der Waals surface area (Å²) in [5.74, 6) is 2.94. The zero-order valence-electron chi connectivity index (χ0n) is 29.1. The third kappa shape index (κ3) is 7.54. The summed E-state index contributed by atoms with van der Waals surface area (Å²) in [4.78, 5) is 13.2. The highest BCUT2D eigenvalue weighted by atomic mass is 32.2. The Morgan fingerprint density at radius 1 is 0.863 bits per heavy atom. The number of rotatable bonds is 10. The monoisotopic (exact) mass is 705 g/mol. The molecule has 5 aliphatic rings. The number of aromatic nitrogens is 1. The standard InChI is InChI=1S/C42H47N3O5S/c1-27-37(26-51-38-10-2-3-15-45(38)48)49-40(50-39(27)33-13-11-28(25-46)12-14-33)36-9-5-8-35(20-36)34-7-4-6-29(19-34)24-43-41(47)44-42-21-30-16-31(22-42)18-32(17-30)23-42/h2-15,19-20,27,30-32,37,39-40,46H,16-18,21-26H2,1H3,(H2,43,44,47)/t27-,30?,31?,32?,37+,39+,40+,42?/m1/s1. The first kappa shape index (κ1) is 34.2. The van der Waals surface area contributed by atoms with E-state index in [1.165, 1.54) is 37.2 Å². The number of aliphatic hydroxyl groups is 1. The van der Waals surface area contributed by atoms with Crippen molar-refractivity contribution in [2.75, 3.05) is 5.75 Å². The number of pyridine rings is 1. The van der Waals surface area contributed by atoms with Crippen LogP contribution in [0.15, 0.2) is 102 Å². The SMILES string of the molecule is C[C@@H]1[C@H](CSc2cccc[n+]2[O-])O[C@H](c2cccc(-c3cccc(CNC(=O)NC45CC6CC(CC(C6)C4)C5)c3)c2)O[C@@H]1c1ccc(CO)cc1. The Morgan fingerprint density at radius 3 is 2.27 bits per heavy atom. The molecule has 2 amide bonds. The Bertz CT molecular complexity index is 1820. The molecule has 0 unspecified atom stereocenters. The summed E-state index contributed by atoms with van der Waals surface area (Å²) in [5, 5.41) is 29.2. The van der Waals surface area contributed by atoms with Crippen LogP contribution in [0.25, 0.3) is 11.1 Å². The number of carbonyl (C=O) groups excluding carboxylic acids is 1. The van der Waals surface area contributed by atoms with E-state index in [9.17, 15) is 15.1 Å². The van der Waals surface area contributed by atoms with Crippen molar-refractivity contribution in [3.05, 3.63) is 125 Å². The fraction of sp³-hybridized carbons (Fsp3) is 0.429. The maximum atomic E-state index is 13.2. The number of nitrogens with one attached hydrogen (secondary N) is 2. The molecule has 9 heteroatoms. The van der Waals surface area contributed by atoms with Gasteiger partial charge in [-0.05, 0) is 102 Å². The van der Waals surface area contributed by atoms with Gasteiger partial charge in [0.1, 0.15) is 0 Å². The zero-order chi connectivity index (χ0) is 35.0. The number of benzene rings is 3. The van der Waals surface area contributed by atoms with Gasteiger partial charge in [-0.1, -0.05) is 79.3 Å². The number of hydrogen-bond donors (Lipinski definition) is 3. The third-order valence-electron chi connectivity index (χ3n) is 11.6. The van der Waals surface area contributed by atoms with Crippen molar-refractivity contribution in [3.8, 4) is 11.1 Å². The molecule has 3 N–H and O–H groups in total.